The van der Waals surface area contributed by atoms with E-state index >= 15 is 0 Å². The van der Waals surface area contributed by atoms with Crippen LogP contribution < -0.4 is 15.5 Å². The molecule has 0 aromatic heterocycles. The van der Waals surface area contributed by atoms with Crippen molar-refractivity contribution in [3.8, 4) is 0 Å². The van der Waals surface area contributed by atoms with Crippen molar-refractivity contribution in [1.29, 1.82) is 0 Å². The third-order valence-electron chi connectivity index (χ3n) is 4.77. The Morgan fingerprint density at radius 1 is 1.19 bits per heavy atom. The van der Waals surface area contributed by atoms with E-state index in [4.69, 9.17) is 11.6 Å². The average Bonchev–Trinajstić information content (AvgIpc) is 2.65. The van der Waals surface area contributed by atoms with E-state index in [0.717, 1.165) is 37.1 Å². The summed E-state index contributed by atoms with van der Waals surface area (Å²) in [6, 6.07) is 13.7. The van der Waals surface area contributed by atoms with Crippen LogP contribution in [-0.2, 0) is 6.42 Å². The maximum absolute atomic E-state index is 13.0. The number of hydrogen-bond donors (Lipinski definition) is 2. The van der Waals surface area contributed by atoms with Gasteiger partial charge in [-0.3, -0.25) is 10.2 Å². The summed E-state index contributed by atoms with van der Waals surface area (Å²) in [6.45, 7) is 0.826. The smallest absolute Gasteiger partial charge is 0.322 e. The van der Waals surface area contributed by atoms with E-state index in [1.54, 1.807) is 24.1 Å². The van der Waals surface area contributed by atoms with Crippen LogP contribution >= 0.6 is 11.6 Å². The number of piperidine rings is 1. The van der Waals surface area contributed by atoms with E-state index in [0.29, 0.717) is 10.9 Å². The molecule has 0 bridgehead atoms. The Labute approximate surface area is 158 Å². The van der Waals surface area contributed by atoms with Crippen molar-refractivity contribution < 1.29 is 9.18 Å². The van der Waals surface area contributed by atoms with Gasteiger partial charge < -0.3 is 5.32 Å². The van der Waals surface area contributed by atoms with E-state index in [9.17, 15) is 9.18 Å². The molecule has 1 fully saturated rings. The van der Waals surface area contributed by atoms with Crippen LogP contribution in [0, 0.1) is 11.7 Å². The molecule has 0 saturated carbocycles. The Hall–Kier alpha value is -2.11. The summed E-state index contributed by atoms with van der Waals surface area (Å²) in [7, 11) is 1.73. The number of urea groups is 1. The maximum atomic E-state index is 13.0. The Kier molecular flexibility index (Phi) is 6.12. The first-order valence-corrected chi connectivity index (χ1v) is 9.16. The second kappa shape index (κ2) is 8.52. The Morgan fingerprint density at radius 2 is 1.88 bits per heavy atom. The van der Waals surface area contributed by atoms with Gasteiger partial charge in [-0.15, -0.1) is 0 Å². The van der Waals surface area contributed by atoms with Crippen molar-refractivity contribution in [2.45, 2.75) is 25.4 Å². The van der Waals surface area contributed by atoms with Crippen molar-refractivity contribution in [1.82, 2.24) is 10.6 Å². The number of halogens is 2. The van der Waals surface area contributed by atoms with Crippen molar-refractivity contribution in [2.75, 3.05) is 18.5 Å². The van der Waals surface area contributed by atoms with Crippen molar-refractivity contribution in [3.05, 3.63) is 64.9 Å². The van der Waals surface area contributed by atoms with E-state index in [1.165, 1.54) is 12.1 Å². The first-order valence-electron chi connectivity index (χ1n) is 8.79. The largest absolute Gasteiger partial charge is 0.322 e. The van der Waals surface area contributed by atoms with Crippen LogP contribution in [0.1, 0.15) is 18.4 Å². The minimum atomic E-state index is -0.205. The lowest BCUT2D eigenvalue weighted by atomic mass is 9.91. The van der Waals surface area contributed by atoms with Gasteiger partial charge in [-0.1, -0.05) is 23.7 Å². The topological polar surface area (TPSA) is 44.4 Å². The second-order valence-corrected chi connectivity index (χ2v) is 7.16. The van der Waals surface area contributed by atoms with Crippen LogP contribution in [0.2, 0.25) is 5.02 Å². The van der Waals surface area contributed by atoms with Gasteiger partial charge in [-0.05, 0) is 67.1 Å². The fourth-order valence-electron chi connectivity index (χ4n) is 3.19. The fourth-order valence-corrected chi connectivity index (χ4v) is 3.32. The van der Waals surface area contributed by atoms with E-state index in [1.807, 2.05) is 24.3 Å². The van der Waals surface area contributed by atoms with Gasteiger partial charge in [-0.2, -0.15) is 0 Å². The molecule has 1 aliphatic heterocycles. The molecule has 1 saturated heterocycles. The molecule has 2 aromatic carbocycles. The molecule has 2 unspecified atom stereocenters. The van der Waals surface area contributed by atoms with E-state index < -0.39 is 0 Å². The Bertz CT molecular complexity index is 728. The standard InChI is InChI=1S/C20H23ClFN3O/c1-25(18-9-5-16(21)6-10-18)20(26)24-19-11-4-15(13-23-19)12-14-2-7-17(22)8-3-14/h2-3,5-10,15,19,23H,4,11-13H2,1H3,(H,24,26). The molecule has 0 aliphatic carbocycles. The zero-order valence-corrected chi connectivity index (χ0v) is 15.5. The van der Waals surface area contributed by atoms with Crippen LogP contribution in [0.3, 0.4) is 0 Å². The highest BCUT2D eigenvalue weighted by Crippen LogP contribution is 2.20. The summed E-state index contributed by atoms with van der Waals surface area (Å²) in [4.78, 5) is 14.0. The quantitative estimate of drug-likeness (QED) is 0.841. The molecule has 26 heavy (non-hydrogen) atoms. The first-order chi connectivity index (χ1) is 12.5. The Balaban J connectivity index is 1.46. The minimum Gasteiger partial charge on any atom is -0.322 e. The molecule has 2 atom stereocenters. The van der Waals surface area contributed by atoms with Gasteiger partial charge in [0.25, 0.3) is 0 Å². The normalized spacial score (nSPS) is 19.8. The van der Waals surface area contributed by atoms with Gasteiger partial charge in [0.1, 0.15) is 5.82 Å². The molecule has 1 aliphatic rings. The molecule has 1 heterocycles. The number of hydrogen-bond acceptors (Lipinski definition) is 2. The molecule has 138 valence electrons. The molecule has 2 aromatic rings. The van der Waals surface area contributed by atoms with Crippen LogP contribution in [-0.4, -0.2) is 25.8 Å². The molecule has 0 radical (unpaired) electrons. The van der Waals surface area contributed by atoms with Crippen molar-refractivity contribution >= 4 is 23.3 Å². The van der Waals surface area contributed by atoms with Gasteiger partial charge in [0.2, 0.25) is 0 Å². The van der Waals surface area contributed by atoms with Crippen LogP contribution in [0.25, 0.3) is 0 Å². The first kappa shape index (κ1) is 18.7. The van der Waals surface area contributed by atoms with Crippen LogP contribution in [0.5, 0.6) is 0 Å². The highest BCUT2D eigenvalue weighted by molar-refractivity contribution is 6.30. The molecule has 3 rings (SSSR count). The van der Waals surface area contributed by atoms with Crippen molar-refractivity contribution in [2.24, 2.45) is 5.92 Å². The summed E-state index contributed by atoms with van der Waals surface area (Å²) in [5.41, 5.74) is 1.93. The maximum Gasteiger partial charge on any atom is 0.322 e. The van der Waals surface area contributed by atoms with Crippen LogP contribution in [0.15, 0.2) is 48.5 Å². The number of amides is 2. The summed E-state index contributed by atoms with van der Waals surface area (Å²) in [5, 5.41) is 7.05. The zero-order valence-electron chi connectivity index (χ0n) is 14.7. The second-order valence-electron chi connectivity index (χ2n) is 6.72. The molecular weight excluding hydrogens is 353 g/mol. The number of anilines is 1. The molecule has 6 heteroatoms. The molecule has 0 spiro atoms. The third kappa shape index (κ3) is 4.96. The number of benzene rings is 2. The third-order valence-corrected chi connectivity index (χ3v) is 5.02. The summed E-state index contributed by atoms with van der Waals surface area (Å²) in [6.07, 6.45) is 2.76. The van der Waals surface area contributed by atoms with Gasteiger partial charge >= 0.3 is 6.03 Å². The highest BCUT2D eigenvalue weighted by atomic mass is 35.5. The number of carbonyl (C=O) groups is 1. The number of nitrogens with one attached hydrogen (secondary N) is 2. The minimum absolute atomic E-state index is 0.0401. The molecule has 4 nitrogen and oxygen atoms in total. The lowest BCUT2D eigenvalue weighted by molar-refractivity contribution is 0.228. The Morgan fingerprint density at radius 3 is 2.50 bits per heavy atom. The average molecular weight is 376 g/mol. The van der Waals surface area contributed by atoms with Gasteiger partial charge in [0.05, 0.1) is 6.17 Å². The van der Waals surface area contributed by atoms with Gasteiger partial charge in [0, 0.05) is 24.3 Å². The lowest BCUT2D eigenvalue weighted by Crippen LogP contribution is -2.53. The van der Waals surface area contributed by atoms with Gasteiger partial charge in [-0.25, -0.2) is 9.18 Å². The number of rotatable bonds is 4. The lowest BCUT2D eigenvalue weighted by Gasteiger charge is -2.31. The number of carbonyl (C=O) groups excluding carboxylic acids is 1. The predicted octanol–water partition coefficient (Wildman–Crippen LogP) is 4.19. The predicted molar refractivity (Wildman–Crippen MR) is 103 cm³/mol. The van der Waals surface area contributed by atoms with Crippen molar-refractivity contribution in [3.63, 3.8) is 0 Å². The molecule has 2 amide bonds. The van der Waals surface area contributed by atoms with E-state index in [2.05, 4.69) is 10.6 Å². The summed E-state index contributed by atoms with van der Waals surface area (Å²) >= 11 is 5.88. The zero-order chi connectivity index (χ0) is 18.5. The SMILES string of the molecule is CN(C(=O)NC1CCC(Cc2ccc(F)cc2)CN1)c1ccc(Cl)cc1. The monoisotopic (exact) mass is 375 g/mol. The molecule has 2 N–H and O–H groups in total. The highest BCUT2D eigenvalue weighted by Gasteiger charge is 2.23. The van der Waals surface area contributed by atoms with Gasteiger partial charge in [0.15, 0.2) is 0 Å². The number of nitrogens with zero attached hydrogens (tertiary/aromatic N) is 1. The fraction of sp³-hybridized carbons (Fsp3) is 0.350. The van der Waals surface area contributed by atoms with E-state index in [-0.39, 0.29) is 18.0 Å². The summed E-state index contributed by atoms with van der Waals surface area (Å²) in [5.74, 6) is 0.283. The summed E-state index contributed by atoms with van der Waals surface area (Å²) < 4.78 is 13.0. The van der Waals surface area contributed by atoms with Crippen LogP contribution in [0.4, 0.5) is 14.9 Å². The molecular formula is C20H23ClFN3O.